The lowest BCUT2D eigenvalue weighted by Crippen LogP contribution is -2.15. The van der Waals surface area contributed by atoms with Crippen LogP contribution in [0.25, 0.3) is 6.08 Å². The summed E-state index contributed by atoms with van der Waals surface area (Å²) in [5, 5.41) is 0. The average molecular weight is 447 g/mol. The van der Waals surface area contributed by atoms with Gasteiger partial charge < -0.3 is 4.74 Å². The van der Waals surface area contributed by atoms with Crippen LogP contribution in [0, 0.1) is 11.8 Å². The second kappa shape index (κ2) is 15.1. The van der Waals surface area contributed by atoms with Crippen LogP contribution in [-0.2, 0) is 24.2 Å². The highest BCUT2D eigenvalue weighted by molar-refractivity contribution is 5.49. The predicted molar refractivity (Wildman–Crippen MR) is 143 cm³/mol. The van der Waals surface area contributed by atoms with Crippen molar-refractivity contribution >= 4 is 6.08 Å². The van der Waals surface area contributed by atoms with Crippen LogP contribution in [0.5, 0.6) is 0 Å². The van der Waals surface area contributed by atoms with Gasteiger partial charge in [-0.25, -0.2) is 0 Å². The Kier molecular flexibility index (Phi) is 11.8. The fraction of sp³-hybridized carbons (Fsp3) is 0.562. The number of hydrogen-bond acceptors (Lipinski definition) is 1. The van der Waals surface area contributed by atoms with Crippen LogP contribution in [0.1, 0.15) is 100 Å². The van der Waals surface area contributed by atoms with Gasteiger partial charge in [0.2, 0.25) is 0 Å². The second-order valence-electron chi connectivity index (χ2n) is 10.1. The molecule has 1 saturated carbocycles. The molecule has 0 radical (unpaired) electrons. The Balaban J connectivity index is 1.29. The van der Waals surface area contributed by atoms with Gasteiger partial charge in [-0.1, -0.05) is 113 Å². The molecule has 0 spiro atoms. The van der Waals surface area contributed by atoms with Gasteiger partial charge in [-0.15, -0.1) is 0 Å². The summed E-state index contributed by atoms with van der Waals surface area (Å²) in [7, 11) is 0. The van der Waals surface area contributed by atoms with Gasteiger partial charge in [0.25, 0.3) is 0 Å². The minimum atomic E-state index is 0.758. The minimum Gasteiger partial charge on any atom is -0.377 e. The van der Waals surface area contributed by atoms with E-state index in [1.165, 1.54) is 92.9 Å². The van der Waals surface area contributed by atoms with Crippen molar-refractivity contribution in [2.75, 3.05) is 6.61 Å². The molecular formula is C32H46O. The molecule has 1 fully saturated rings. The van der Waals surface area contributed by atoms with Gasteiger partial charge >= 0.3 is 0 Å². The first kappa shape index (κ1) is 25.8. The highest BCUT2D eigenvalue weighted by atomic mass is 16.5. The van der Waals surface area contributed by atoms with Crippen molar-refractivity contribution in [3.63, 3.8) is 0 Å². The van der Waals surface area contributed by atoms with E-state index in [9.17, 15) is 0 Å². The zero-order chi connectivity index (χ0) is 23.1. The standard InChI is InChI=1S/C32H46O/c1-3-5-7-25-33-26-32-23-21-31(22-24-32)20-19-30-17-15-29(16-18-30)14-13-28-11-9-27(10-12-28)8-6-4-2/h6,8-12,21-24,29-30H,3-5,7,13-20,25-26H2,1-2H3/b8-6+. The summed E-state index contributed by atoms with van der Waals surface area (Å²) < 4.78 is 5.79. The molecule has 0 aliphatic heterocycles. The first-order valence-electron chi connectivity index (χ1n) is 13.7. The highest BCUT2D eigenvalue weighted by Crippen LogP contribution is 2.34. The zero-order valence-corrected chi connectivity index (χ0v) is 21.2. The molecule has 0 amide bonds. The third-order valence-electron chi connectivity index (χ3n) is 7.36. The molecule has 180 valence electrons. The van der Waals surface area contributed by atoms with Crippen molar-refractivity contribution < 1.29 is 4.74 Å². The first-order chi connectivity index (χ1) is 16.3. The summed E-state index contributed by atoms with van der Waals surface area (Å²) in [6.07, 6.45) is 20.1. The summed E-state index contributed by atoms with van der Waals surface area (Å²) in [6, 6.07) is 18.4. The van der Waals surface area contributed by atoms with E-state index >= 15 is 0 Å². The van der Waals surface area contributed by atoms with E-state index in [1.807, 2.05) is 0 Å². The van der Waals surface area contributed by atoms with E-state index in [4.69, 9.17) is 4.74 Å². The molecule has 1 aliphatic carbocycles. The second-order valence-corrected chi connectivity index (χ2v) is 10.1. The van der Waals surface area contributed by atoms with Gasteiger partial charge in [0.1, 0.15) is 0 Å². The van der Waals surface area contributed by atoms with E-state index in [0.717, 1.165) is 31.5 Å². The molecule has 2 aromatic rings. The Morgan fingerprint density at radius 1 is 0.727 bits per heavy atom. The molecule has 3 rings (SSSR count). The molecule has 0 heterocycles. The molecule has 0 N–H and O–H groups in total. The Hall–Kier alpha value is -1.86. The summed E-state index contributed by atoms with van der Waals surface area (Å²) in [4.78, 5) is 0. The van der Waals surface area contributed by atoms with E-state index in [2.05, 4.69) is 74.5 Å². The van der Waals surface area contributed by atoms with Crippen molar-refractivity contribution in [1.82, 2.24) is 0 Å². The van der Waals surface area contributed by atoms with E-state index < -0.39 is 0 Å². The van der Waals surface area contributed by atoms with Gasteiger partial charge in [0.05, 0.1) is 6.61 Å². The number of rotatable bonds is 14. The number of ether oxygens (including phenoxy) is 1. The highest BCUT2D eigenvalue weighted by Gasteiger charge is 2.20. The molecule has 0 saturated heterocycles. The van der Waals surface area contributed by atoms with Gasteiger partial charge in [-0.3, -0.25) is 0 Å². The lowest BCUT2D eigenvalue weighted by atomic mass is 9.77. The quantitative estimate of drug-likeness (QED) is 0.263. The minimum absolute atomic E-state index is 0.758. The molecule has 1 aliphatic rings. The van der Waals surface area contributed by atoms with Crippen LogP contribution in [0.15, 0.2) is 54.6 Å². The first-order valence-corrected chi connectivity index (χ1v) is 13.7. The Morgan fingerprint density at radius 2 is 1.27 bits per heavy atom. The molecule has 1 nitrogen and oxygen atoms in total. The largest absolute Gasteiger partial charge is 0.377 e. The van der Waals surface area contributed by atoms with Crippen LogP contribution in [0.4, 0.5) is 0 Å². The Labute approximate surface area is 203 Å². The SMILES string of the molecule is CC/C=C/c1ccc(CCC2CCC(CCc3ccc(COCCCCC)cc3)CC2)cc1. The number of benzene rings is 2. The Bertz CT molecular complexity index is 778. The molecule has 0 bridgehead atoms. The molecule has 2 aromatic carbocycles. The number of allylic oxidation sites excluding steroid dienone is 1. The van der Waals surface area contributed by atoms with Crippen molar-refractivity contribution in [3.8, 4) is 0 Å². The van der Waals surface area contributed by atoms with Gasteiger partial charge in [-0.05, 0) is 72.6 Å². The molecule has 33 heavy (non-hydrogen) atoms. The molecule has 0 aromatic heterocycles. The average Bonchev–Trinajstić information content (AvgIpc) is 2.87. The van der Waals surface area contributed by atoms with Crippen LogP contribution in [0.3, 0.4) is 0 Å². The number of unbranched alkanes of at least 4 members (excludes halogenated alkanes) is 2. The lowest BCUT2D eigenvalue weighted by molar-refractivity contribution is 0.117. The number of aryl methyl sites for hydroxylation is 2. The van der Waals surface area contributed by atoms with Crippen LogP contribution < -0.4 is 0 Å². The van der Waals surface area contributed by atoms with Crippen LogP contribution >= 0.6 is 0 Å². The third-order valence-corrected chi connectivity index (χ3v) is 7.36. The maximum absolute atomic E-state index is 5.79. The van der Waals surface area contributed by atoms with Crippen LogP contribution in [-0.4, -0.2) is 6.61 Å². The summed E-state index contributed by atoms with van der Waals surface area (Å²) >= 11 is 0. The smallest absolute Gasteiger partial charge is 0.0716 e. The van der Waals surface area contributed by atoms with Gasteiger partial charge in [-0.2, -0.15) is 0 Å². The van der Waals surface area contributed by atoms with E-state index in [-0.39, 0.29) is 0 Å². The monoisotopic (exact) mass is 446 g/mol. The number of hydrogen-bond donors (Lipinski definition) is 0. The van der Waals surface area contributed by atoms with Crippen molar-refractivity contribution in [1.29, 1.82) is 0 Å². The molecule has 0 unspecified atom stereocenters. The summed E-state index contributed by atoms with van der Waals surface area (Å²) in [5.74, 6) is 1.85. The molecular weight excluding hydrogens is 400 g/mol. The van der Waals surface area contributed by atoms with E-state index in [1.54, 1.807) is 0 Å². The summed E-state index contributed by atoms with van der Waals surface area (Å²) in [5.41, 5.74) is 5.62. The fourth-order valence-electron chi connectivity index (χ4n) is 5.05. The topological polar surface area (TPSA) is 9.23 Å². The maximum Gasteiger partial charge on any atom is 0.0716 e. The predicted octanol–water partition coefficient (Wildman–Crippen LogP) is 9.19. The molecule has 1 heteroatoms. The van der Waals surface area contributed by atoms with Crippen molar-refractivity contribution in [3.05, 3.63) is 76.9 Å². The Morgan fingerprint density at radius 3 is 1.82 bits per heavy atom. The van der Waals surface area contributed by atoms with Crippen molar-refractivity contribution in [2.45, 2.75) is 97.5 Å². The van der Waals surface area contributed by atoms with Gasteiger partial charge in [0.15, 0.2) is 0 Å². The van der Waals surface area contributed by atoms with Gasteiger partial charge in [0, 0.05) is 6.61 Å². The third kappa shape index (κ3) is 9.88. The maximum atomic E-state index is 5.79. The molecule has 0 atom stereocenters. The summed E-state index contributed by atoms with van der Waals surface area (Å²) in [6.45, 7) is 6.07. The normalized spacial score (nSPS) is 18.7. The van der Waals surface area contributed by atoms with Crippen LogP contribution in [0.2, 0.25) is 0 Å². The fourth-order valence-corrected chi connectivity index (χ4v) is 5.05. The lowest BCUT2D eigenvalue weighted by Gasteiger charge is -2.28. The zero-order valence-electron chi connectivity index (χ0n) is 21.2. The van der Waals surface area contributed by atoms with E-state index in [0.29, 0.717) is 0 Å². The van der Waals surface area contributed by atoms with Crippen molar-refractivity contribution in [2.24, 2.45) is 11.8 Å².